The Kier molecular flexibility index (Phi) is 6.45. The van der Waals surface area contributed by atoms with Gasteiger partial charge in [-0.2, -0.15) is 0 Å². The lowest BCUT2D eigenvalue weighted by Gasteiger charge is -2.60. The van der Waals surface area contributed by atoms with Crippen LogP contribution in [0, 0.1) is 52.3 Å². The van der Waals surface area contributed by atoms with E-state index in [4.69, 9.17) is 0 Å². The predicted octanol–water partition coefficient (Wildman–Crippen LogP) is 5.97. The van der Waals surface area contributed by atoms with E-state index in [-0.39, 0.29) is 11.3 Å². The standard InChI is InChI=1S/C27H46O3/c1-17(8-7-9-18(2)25(29)30)20-11-12-21-19-16-24(28)23-10-5-6-14-26(23,3)22(19)13-15-27(20,21)4/h17-23,25,29-30H,5-16H2,1-4H3/t17-,18?,19+,20-,21+,22+,23?,26-,27-/m1/s1. The van der Waals surface area contributed by atoms with Gasteiger partial charge in [0.25, 0.3) is 0 Å². The molecule has 9 atom stereocenters. The maximum absolute atomic E-state index is 13.2. The number of hydrogen-bond acceptors (Lipinski definition) is 3. The molecular formula is C27H46O3. The van der Waals surface area contributed by atoms with Crippen molar-refractivity contribution in [1.29, 1.82) is 0 Å². The number of ketones is 1. The molecule has 2 N–H and O–H groups in total. The van der Waals surface area contributed by atoms with Gasteiger partial charge in [-0.25, -0.2) is 0 Å². The number of carbonyl (C=O) groups excluding carboxylic acids is 1. The van der Waals surface area contributed by atoms with Crippen LogP contribution in [0.1, 0.15) is 105 Å². The van der Waals surface area contributed by atoms with E-state index in [9.17, 15) is 15.0 Å². The SMILES string of the molecule is CC(CCC[C@@H](C)[C@H]1CC[C@H]2[C@@H]3CC(=O)C4CCCC[C@]4(C)[C@H]3CC[C@]12C)C(O)O. The summed E-state index contributed by atoms with van der Waals surface area (Å²) in [5, 5.41) is 18.7. The van der Waals surface area contributed by atoms with Crippen LogP contribution in [0.15, 0.2) is 0 Å². The summed E-state index contributed by atoms with van der Waals surface area (Å²) < 4.78 is 0. The van der Waals surface area contributed by atoms with Crippen molar-refractivity contribution in [1.82, 2.24) is 0 Å². The highest BCUT2D eigenvalue weighted by Gasteiger charge is 2.61. The quantitative estimate of drug-likeness (QED) is 0.523. The van der Waals surface area contributed by atoms with Gasteiger partial charge < -0.3 is 10.2 Å². The summed E-state index contributed by atoms with van der Waals surface area (Å²) in [7, 11) is 0. The van der Waals surface area contributed by atoms with Gasteiger partial charge in [-0.3, -0.25) is 4.79 Å². The fourth-order valence-electron chi connectivity index (χ4n) is 9.18. The molecule has 4 fully saturated rings. The molecule has 30 heavy (non-hydrogen) atoms. The molecule has 0 aromatic heterocycles. The van der Waals surface area contributed by atoms with Crippen molar-refractivity contribution < 1.29 is 15.0 Å². The second kappa shape index (κ2) is 8.50. The monoisotopic (exact) mass is 418 g/mol. The zero-order valence-corrected chi connectivity index (χ0v) is 19.9. The van der Waals surface area contributed by atoms with Crippen molar-refractivity contribution in [2.24, 2.45) is 52.3 Å². The number of aliphatic hydroxyl groups excluding tert-OH is 1. The Morgan fingerprint density at radius 3 is 2.40 bits per heavy atom. The average molecular weight is 419 g/mol. The van der Waals surface area contributed by atoms with E-state index in [2.05, 4.69) is 20.8 Å². The summed E-state index contributed by atoms with van der Waals surface area (Å²) in [4.78, 5) is 13.2. The molecule has 4 saturated carbocycles. The molecule has 172 valence electrons. The topological polar surface area (TPSA) is 57.5 Å². The Morgan fingerprint density at radius 2 is 1.67 bits per heavy atom. The van der Waals surface area contributed by atoms with E-state index in [1.807, 2.05) is 6.92 Å². The largest absolute Gasteiger partial charge is 0.368 e. The Labute approximate surface area is 184 Å². The average Bonchev–Trinajstić information content (AvgIpc) is 3.05. The highest BCUT2D eigenvalue weighted by Crippen LogP contribution is 2.67. The third-order valence-electron chi connectivity index (χ3n) is 11.0. The number of carbonyl (C=O) groups is 1. The fourth-order valence-corrected chi connectivity index (χ4v) is 9.18. The Balaban J connectivity index is 1.45. The van der Waals surface area contributed by atoms with Crippen molar-refractivity contribution >= 4 is 5.78 Å². The van der Waals surface area contributed by atoms with E-state index >= 15 is 0 Å². The van der Waals surface area contributed by atoms with Crippen LogP contribution in [0.25, 0.3) is 0 Å². The molecule has 4 aliphatic carbocycles. The van der Waals surface area contributed by atoms with Crippen LogP contribution >= 0.6 is 0 Å². The lowest BCUT2D eigenvalue weighted by Crippen LogP contribution is -2.56. The van der Waals surface area contributed by atoms with Gasteiger partial charge in [-0.1, -0.05) is 53.4 Å². The molecule has 0 amide bonds. The molecule has 2 unspecified atom stereocenters. The second-order valence-corrected chi connectivity index (χ2v) is 12.4. The molecule has 4 aliphatic rings. The van der Waals surface area contributed by atoms with Crippen LogP contribution < -0.4 is 0 Å². The molecule has 0 bridgehead atoms. The number of fused-ring (bicyclic) bond motifs is 5. The van der Waals surface area contributed by atoms with Crippen LogP contribution in [0.4, 0.5) is 0 Å². The molecule has 4 rings (SSSR count). The molecule has 0 saturated heterocycles. The second-order valence-electron chi connectivity index (χ2n) is 12.4. The molecule has 0 aromatic rings. The van der Waals surface area contributed by atoms with Gasteiger partial charge in [0.15, 0.2) is 6.29 Å². The molecule has 0 radical (unpaired) electrons. The van der Waals surface area contributed by atoms with Crippen LogP contribution in [0.3, 0.4) is 0 Å². The third-order valence-corrected chi connectivity index (χ3v) is 11.0. The highest BCUT2D eigenvalue weighted by molar-refractivity contribution is 5.83. The Morgan fingerprint density at radius 1 is 0.933 bits per heavy atom. The maximum atomic E-state index is 13.2. The number of aliphatic hydroxyl groups is 2. The predicted molar refractivity (Wildman–Crippen MR) is 121 cm³/mol. The number of Topliss-reactive ketones (excluding diaryl/α,β-unsaturated/α-hetero) is 1. The Bertz CT molecular complexity index is 630. The zero-order chi connectivity index (χ0) is 21.7. The first kappa shape index (κ1) is 22.8. The summed E-state index contributed by atoms with van der Waals surface area (Å²) in [5.41, 5.74) is 0.686. The van der Waals surface area contributed by atoms with Gasteiger partial charge in [-0.15, -0.1) is 0 Å². The highest BCUT2D eigenvalue weighted by atomic mass is 16.5. The maximum Gasteiger partial charge on any atom is 0.154 e. The van der Waals surface area contributed by atoms with Crippen LogP contribution in [-0.2, 0) is 4.79 Å². The molecule has 3 nitrogen and oxygen atoms in total. The molecule has 3 heteroatoms. The van der Waals surface area contributed by atoms with Gasteiger partial charge in [0.1, 0.15) is 5.78 Å². The first-order valence-electron chi connectivity index (χ1n) is 13.1. The summed E-state index contributed by atoms with van der Waals surface area (Å²) in [5.74, 6) is 4.55. The van der Waals surface area contributed by atoms with E-state index in [0.717, 1.165) is 43.4 Å². The van der Waals surface area contributed by atoms with Crippen LogP contribution in [0.2, 0.25) is 0 Å². The molecule has 0 heterocycles. The van der Waals surface area contributed by atoms with Gasteiger partial charge in [0, 0.05) is 18.3 Å². The van der Waals surface area contributed by atoms with Crippen LogP contribution in [-0.4, -0.2) is 22.3 Å². The first-order valence-corrected chi connectivity index (χ1v) is 13.1. The van der Waals surface area contributed by atoms with E-state index < -0.39 is 6.29 Å². The van der Waals surface area contributed by atoms with Gasteiger partial charge >= 0.3 is 0 Å². The smallest absolute Gasteiger partial charge is 0.154 e. The minimum Gasteiger partial charge on any atom is -0.368 e. The van der Waals surface area contributed by atoms with E-state index in [0.29, 0.717) is 29.0 Å². The number of hydrogen-bond donors (Lipinski definition) is 2. The van der Waals surface area contributed by atoms with Crippen LogP contribution in [0.5, 0.6) is 0 Å². The summed E-state index contributed by atoms with van der Waals surface area (Å²) >= 11 is 0. The number of rotatable bonds is 6. The van der Waals surface area contributed by atoms with Gasteiger partial charge in [-0.05, 0) is 85.4 Å². The molecule has 0 spiro atoms. The van der Waals surface area contributed by atoms with Crippen molar-refractivity contribution in [3.8, 4) is 0 Å². The van der Waals surface area contributed by atoms with Crippen molar-refractivity contribution in [3.63, 3.8) is 0 Å². The van der Waals surface area contributed by atoms with E-state index in [1.54, 1.807) is 0 Å². The third kappa shape index (κ3) is 3.70. The summed E-state index contributed by atoms with van der Waals surface area (Å²) in [6.45, 7) is 9.43. The fraction of sp³-hybridized carbons (Fsp3) is 0.963. The van der Waals surface area contributed by atoms with Gasteiger partial charge in [0.2, 0.25) is 0 Å². The van der Waals surface area contributed by atoms with Crippen molar-refractivity contribution in [2.75, 3.05) is 0 Å². The lowest BCUT2D eigenvalue weighted by atomic mass is 9.44. The van der Waals surface area contributed by atoms with Gasteiger partial charge in [0.05, 0.1) is 0 Å². The lowest BCUT2D eigenvalue weighted by molar-refractivity contribution is -0.154. The molecule has 0 aliphatic heterocycles. The van der Waals surface area contributed by atoms with E-state index in [1.165, 1.54) is 51.4 Å². The summed E-state index contributed by atoms with van der Waals surface area (Å²) in [6, 6.07) is 0. The normalized spacial score (nSPS) is 45.6. The van der Waals surface area contributed by atoms with Crippen molar-refractivity contribution in [3.05, 3.63) is 0 Å². The summed E-state index contributed by atoms with van der Waals surface area (Å²) in [6.07, 6.45) is 13.2. The first-order chi connectivity index (χ1) is 14.2. The zero-order valence-electron chi connectivity index (χ0n) is 19.9. The minimum absolute atomic E-state index is 0.0306. The molecule has 0 aromatic carbocycles. The minimum atomic E-state index is -1.18. The van der Waals surface area contributed by atoms with Crippen molar-refractivity contribution in [2.45, 2.75) is 111 Å². The Hall–Kier alpha value is -0.410. The molecular weight excluding hydrogens is 372 g/mol.